The van der Waals surface area contributed by atoms with E-state index in [0.717, 1.165) is 0 Å². The van der Waals surface area contributed by atoms with Crippen molar-refractivity contribution < 1.29 is 14.7 Å². The number of carbonyl (C=O) groups is 2. The molecular formula is C16H16BrN5O4. The topological polar surface area (TPSA) is 117 Å². The molecule has 1 aliphatic rings. The summed E-state index contributed by atoms with van der Waals surface area (Å²) in [4.78, 5) is 37.2. The second-order valence-electron chi connectivity index (χ2n) is 5.56. The quantitative estimate of drug-likeness (QED) is 0.615. The Morgan fingerprint density at radius 3 is 2.46 bits per heavy atom. The Morgan fingerprint density at radius 1 is 1.19 bits per heavy atom. The number of carbonyl (C=O) groups excluding carboxylic acids is 1. The van der Waals surface area contributed by atoms with E-state index in [4.69, 9.17) is 5.11 Å². The Bertz CT molecular complexity index is 894. The number of para-hydroxylation sites is 1. The number of aliphatic carboxylic acids is 1. The number of piperazine rings is 1. The Labute approximate surface area is 156 Å². The van der Waals surface area contributed by atoms with E-state index in [1.54, 1.807) is 24.3 Å². The van der Waals surface area contributed by atoms with Crippen molar-refractivity contribution in [1.82, 2.24) is 15.1 Å². The molecule has 0 radical (unpaired) electrons. The molecule has 136 valence electrons. The lowest BCUT2D eigenvalue weighted by atomic mass is 10.3. The van der Waals surface area contributed by atoms with E-state index in [1.165, 1.54) is 4.68 Å². The standard InChI is InChI=1S/C16H16BrN5O4/c17-11-12(19-14(23)16(25)26)13(21-8-6-18-7-9-21)20-22(15(11)24)10-4-2-1-3-5-10/h1-5,18H,6-9H2,(H,19,23)(H,25,26). The minimum absolute atomic E-state index is 0.0412. The molecule has 1 aromatic heterocycles. The van der Waals surface area contributed by atoms with Crippen LogP contribution in [0.25, 0.3) is 5.69 Å². The normalized spacial score (nSPS) is 14.1. The molecule has 0 bridgehead atoms. The molecule has 0 spiro atoms. The molecule has 1 aliphatic heterocycles. The first-order chi connectivity index (χ1) is 12.5. The van der Waals surface area contributed by atoms with E-state index in [1.807, 2.05) is 11.0 Å². The highest BCUT2D eigenvalue weighted by Gasteiger charge is 2.25. The fourth-order valence-electron chi connectivity index (χ4n) is 2.61. The van der Waals surface area contributed by atoms with Gasteiger partial charge in [-0.3, -0.25) is 9.59 Å². The van der Waals surface area contributed by atoms with Gasteiger partial charge in [0.15, 0.2) is 5.82 Å². The largest absolute Gasteiger partial charge is 0.474 e. The van der Waals surface area contributed by atoms with Gasteiger partial charge in [0, 0.05) is 26.2 Å². The number of carboxylic acids is 1. The fraction of sp³-hybridized carbons (Fsp3) is 0.250. The highest BCUT2D eigenvalue weighted by atomic mass is 79.9. The third-order valence-electron chi connectivity index (χ3n) is 3.87. The molecule has 0 saturated carbocycles. The second kappa shape index (κ2) is 7.67. The van der Waals surface area contributed by atoms with Gasteiger partial charge >= 0.3 is 11.9 Å². The first kappa shape index (κ1) is 18.1. The highest BCUT2D eigenvalue weighted by molar-refractivity contribution is 9.10. The van der Waals surface area contributed by atoms with Crippen LogP contribution in [0.1, 0.15) is 0 Å². The summed E-state index contributed by atoms with van der Waals surface area (Å²) in [5, 5.41) is 18.8. The van der Waals surface area contributed by atoms with E-state index in [0.29, 0.717) is 37.7 Å². The molecule has 10 heteroatoms. The molecule has 3 N–H and O–H groups in total. The SMILES string of the molecule is O=C(O)C(=O)Nc1c(N2CCNCC2)nn(-c2ccccc2)c(=O)c1Br. The van der Waals surface area contributed by atoms with Gasteiger partial charge in [-0.1, -0.05) is 18.2 Å². The average Bonchev–Trinajstić information content (AvgIpc) is 2.67. The van der Waals surface area contributed by atoms with Gasteiger partial charge in [0.2, 0.25) is 0 Å². The van der Waals surface area contributed by atoms with Crippen LogP contribution >= 0.6 is 15.9 Å². The Morgan fingerprint density at radius 2 is 1.85 bits per heavy atom. The number of halogens is 1. The van der Waals surface area contributed by atoms with Crippen molar-refractivity contribution in [2.24, 2.45) is 0 Å². The fourth-order valence-corrected chi connectivity index (χ4v) is 3.05. The van der Waals surface area contributed by atoms with Crippen molar-refractivity contribution in [3.63, 3.8) is 0 Å². The first-order valence-electron chi connectivity index (χ1n) is 7.87. The number of nitrogens with one attached hydrogen (secondary N) is 2. The van der Waals surface area contributed by atoms with E-state index < -0.39 is 17.4 Å². The smallest absolute Gasteiger partial charge is 0.394 e. The maximum absolute atomic E-state index is 12.7. The minimum Gasteiger partial charge on any atom is -0.474 e. The zero-order valence-corrected chi connectivity index (χ0v) is 15.2. The van der Waals surface area contributed by atoms with Crippen LogP contribution in [0.2, 0.25) is 0 Å². The first-order valence-corrected chi connectivity index (χ1v) is 8.66. The number of hydrogen-bond acceptors (Lipinski definition) is 6. The van der Waals surface area contributed by atoms with E-state index >= 15 is 0 Å². The third kappa shape index (κ3) is 3.60. The number of hydrogen-bond donors (Lipinski definition) is 3. The van der Waals surface area contributed by atoms with Crippen molar-refractivity contribution in [2.75, 3.05) is 36.4 Å². The number of benzene rings is 1. The monoisotopic (exact) mass is 421 g/mol. The van der Waals surface area contributed by atoms with Crippen LogP contribution in [0.5, 0.6) is 0 Å². The van der Waals surface area contributed by atoms with Gasteiger partial charge in [0.05, 0.1) is 5.69 Å². The van der Waals surface area contributed by atoms with Gasteiger partial charge in [-0.05, 0) is 28.1 Å². The van der Waals surface area contributed by atoms with E-state index in [2.05, 4.69) is 31.7 Å². The zero-order chi connectivity index (χ0) is 18.7. The molecule has 1 saturated heterocycles. The summed E-state index contributed by atoms with van der Waals surface area (Å²) in [6.07, 6.45) is 0. The number of anilines is 2. The van der Waals surface area contributed by atoms with E-state index in [9.17, 15) is 14.4 Å². The second-order valence-corrected chi connectivity index (χ2v) is 6.35. The van der Waals surface area contributed by atoms with Gasteiger partial charge in [-0.25, -0.2) is 4.79 Å². The van der Waals surface area contributed by atoms with Crippen LogP contribution in [-0.4, -0.2) is 52.9 Å². The summed E-state index contributed by atoms with van der Waals surface area (Å²) in [5.74, 6) is -2.55. The molecule has 3 rings (SSSR count). The third-order valence-corrected chi connectivity index (χ3v) is 4.60. The summed E-state index contributed by atoms with van der Waals surface area (Å²) in [5.41, 5.74) is 0.109. The van der Waals surface area contributed by atoms with Crippen molar-refractivity contribution >= 4 is 39.3 Å². The number of nitrogens with zero attached hydrogens (tertiary/aromatic N) is 3. The summed E-state index contributed by atoms with van der Waals surface area (Å²) < 4.78 is 1.26. The molecule has 0 atom stereocenters. The molecule has 1 fully saturated rings. The molecule has 2 aromatic rings. The van der Waals surface area contributed by atoms with Crippen LogP contribution in [0, 0.1) is 0 Å². The van der Waals surface area contributed by atoms with Gasteiger partial charge in [-0.2, -0.15) is 4.68 Å². The Hall–Kier alpha value is -2.72. The maximum atomic E-state index is 12.7. The molecule has 0 aliphatic carbocycles. The van der Waals surface area contributed by atoms with Crippen molar-refractivity contribution in [2.45, 2.75) is 0 Å². The van der Waals surface area contributed by atoms with Gasteiger partial charge < -0.3 is 20.6 Å². The number of rotatable bonds is 3. The lowest BCUT2D eigenvalue weighted by Crippen LogP contribution is -2.45. The summed E-state index contributed by atoms with van der Waals surface area (Å²) in [7, 11) is 0. The highest BCUT2D eigenvalue weighted by Crippen LogP contribution is 2.29. The molecule has 1 aromatic carbocycles. The Kier molecular flexibility index (Phi) is 5.33. The van der Waals surface area contributed by atoms with Crippen LogP contribution in [-0.2, 0) is 9.59 Å². The van der Waals surface area contributed by atoms with Gasteiger partial charge in [0.25, 0.3) is 5.56 Å². The number of aromatic nitrogens is 2. The number of amides is 1. The lowest BCUT2D eigenvalue weighted by molar-refractivity contribution is -0.147. The van der Waals surface area contributed by atoms with E-state index in [-0.39, 0.29) is 10.2 Å². The van der Waals surface area contributed by atoms with Gasteiger partial charge in [-0.15, -0.1) is 5.10 Å². The van der Waals surface area contributed by atoms with Crippen molar-refractivity contribution in [3.8, 4) is 5.69 Å². The van der Waals surface area contributed by atoms with Crippen LogP contribution in [0.15, 0.2) is 39.6 Å². The number of carboxylic acid groups (broad SMARTS) is 1. The molecule has 26 heavy (non-hydrogen) atoms. The summed E-state index contributed by atoms with van der Waals surface area (Å²) in [6, 6.07) is 8.85. The Balaban J connectivity index is 2.16. The lowest BCUT2D eigenvalue weighted by Gasteiger charge is -2.30. The van der Waals surface area contributed by atoms with Gasteiger partial charge in [0.1, 0.15) is 10.2 Å². The molecule has 0 unspecified atom stereocenters. The summed E-state index contributed by atoms with van der Waals surface area (Å²) >= 11 is 3.20. The predicted octanol–water partition coefficient (Wildman–Crippen LogP) is 0.428. The maximum Gasteiger partial charge on any atom is 0.394 e. The molecule has 1 amide bonds. The molecule has 9 nitrogen and oxygen atoms in total. The molecule has 2 heterocycles. The predicted molar refractivity (Wildman–Crippen MR) is 98.9 cm³/mol. The van der Waals surface area contributed by atoms with Crippen LogP contribution < -0.4 is 21.1 Å². The van der Waals surface area contributed by atoms with Crippen molar-refractivity contribution in [3.05, 3.63) is 45.2 Å². The molecular weight excluding hydrogens is 406 g/mol. The summed E-state index contributed by atoms with van der Waals surface area (Å²) in [6.45, 7) is 2.61. The zero-order valence-electron chi connectivity index (χ0n) is 13.6. The van der Waals surface area contributed by atoms with Crippen molar-refractivity contribution in [1.29, 1.82) is 0 Å². The van der Waals surface area contributed by atoms with Crippen LogP contribution in [0.4, 0.5) is 11.5 Å². The average molecular weight is 422 g/mol. The minimum atomic E-state index is -1.64. The van der Waals surface area contributed by atoms with Crippen LogP contribution in [0.3, 0.4) is 0 Å².